The normalized spacial score (nSPS) is 46.0. The molecule has 5 aliphatic carbocycles. The Bertz CT molecular complexity index is 1050. The van der Waals surface area contributed by atoms with Crippen molar-refractivity contribution in [2.75, 3.05) is 0 Å². The topological polar surface area (TPSA) is 47.6 Å². The largest absolute Gasteiger partial charge is 0.198 e. The minimum absolute atomic E-state index is 0.0869. The lowest BCUT2D eigenvalue weighted by Crippen LogP contribution is -2.81. The summed E-state index contributed by atoms with van der Waals surface area (Å²) < 4.78 is 0. The summed E-state index contributed by atoms with van der Waals surface area (Å²) in [5, 5.41) is 19.4. The molecule has 2 aromatic rings. The Labute approximate surface area is 140 Å². The molecule has 0 saturated heterocycles. The summed E-state index contributed by atoms with van der Waals surface area (Å²) in [4.78, 5) is 0. The number of hydrogen-bond donors (Lipinski definition) is 0. The maximum atomic E-state index is 10.1. The minimum Gasteiger partial charge on any atom is -0.198 e. The molecule has 8 atom stereocenters. The van der Waals surface area contributed by atoms with Crippen LogP contribution in [0.2, 0.25) is 0 Å². The van der Waals surface area contributed by atoms with E-state index in [2.05, 4.69) is 48.5 Å². The van der Waals surface area contributed by atoms with Gasteiger partial charge < -0.3 is 0 Å². The molecule has 0 heterocycles. The fraction of sp³-hybridized carbons (Fsp3) is 0.364. The van der Waals surface area contributed by atoms with Crippen LogP contribution in [0.4, 0.5) is 0 Å². The molecule has 24 heavy (non-hydrogen) atoms. The van der Waals surface area contributed by atoms with Gasteiger partial charge in [-0.2, -0.15) is 10.5 Å². The van der Waals surface area contributed by atoms with Gasteiger partial charge in [0.25, 0.3) is 0 Å². The third kappa shape index (κ3) is 0.843. The smallest absolute Gasteiger partial charge is 0.0991 e. The second-order valence-electron chi connectivity index (χ2n) is 8.31. The Morgan fingerprint density at radius 2 is 1.54 bits per heavy atom. The molecule has 0 N–H and O–H groups in total. The van der Waals surface area contributed by atoms with E-state index < -0.39 is 0 Å². The number of benzene rings is 2. The fourth-order valence-electron chi connectivity index (χ4n) is 7.77. The summed E-state index contributed by atoms with van der Waals surface area (Å²) in [7, 11) is 0. The van der Waals surface area contributed by atoms with Crippen molar-refractivity contribution in [1.82, 2.24) is 0 Å². The Hall–Kier alpha value is -2.58. The maximum absolute atomic E-state index is 10.1. The second kappa shape index (κ2) is 3.28. The zero-order chi connectivity index (χ0) is 15.8. The molecular formula is C22H14N2. The van der Waals surface area contributed by atoms with E-state index in [1.54, 1.807) is 0 Å². The molecule has 0 aromatic heterocycles. The van der Waals surface area contributed by atoms with E-state index in [1.165, 1.54) is 22.3 Å². The third-order valence-corrected chi connectivity index (χ3v) is 8.20. The van der Waals surface area contributed by atoms with Crippen molar-refractivity contribution in [2.45, 2.75) is 23.7 Å². The molecule has 2 heteroatoms. The number of fused-ring (bicyclic) bond motifs is 8. The first-order chi connectivity index (χ1) is 11.8. The predicted molar refractivity (Wildman–Crippen MR) is 87.1 cm³/mol. The summed E-state index contributed by atoms with van der Waals surface area (Å²) in [5.74, 6) is 3.70. The van der Waals surface area contributed by atoms with Gasteiger partial charge in [0.1, 0.15) is 0 Å². The minimum atomic E-state index is -0.0869. The molecule has 7 rings (SSSR count). The van der Waals surface area contributed by atoms with Gasteiger partial charge in [-0.15, -0.1) is 0 Å². The highest BCUT2D eigenvalue weighted by atomic mass is 14.9. The van der Waals surface area contributed by atoms with Gasteiger partial charge in [0, 0.05) is 5.92 Å². The number of hydrogen-bond acceptors (Lipinski definition) is 2. The molecule has 0 radical (unpaired) electrons. The van der Waals surface area contributed by atoms with Gasteiger partial charge in [-0.05, 0) is 69.9 Å². The lowest BCUT2D eigenvalue weighted by Gasteiger charge is -2.86. The van der Waals surface area contributed by atoms with Crippen LogP contribution < -0.4 is 0 Å². The molecular weight excluding hydrogens is 292 g/mol. The van der Waals surface area contributed by atoms with Gasteiger partial charge in [-0.1, -0.05) is 30.3 Å². The molecule has 0 amide bonds. The van der Waals surface area contributed by atoms with Crippen LogP contribution in [0.1, 0.15) is 51.5 Å². The predicted octanol–water partition coefficient (Wildman–Crippen LogP) is 4.02. The highest BCUT2D eigenvalue weighted by molar-refractivity contribution is 5.65. The Kier molecular flexibility index (Phi) is 1.63. The third-order valence-electron chi connectivity index (χ3n) is 8.20. The maximum Gasteiger partial charge on any atom is 0.0991 e. The summed E-state index contributed by atoms with van der Waals surface area (Å²) in [5.41, 5.74) is 6.50. The van der Waals surface area contributed by atoms with E-state index in [1.807, 2.05) is 6.07 Å². The van der Waals surface area contributed by atoms with Gasteiger partial charge >= 0.3 is 0 Å². The lowest BCUT2D eigenvalue weighted by atomic mass is 9.15. The lowest BCUT2D eigenvalue weighted by molar-refractivity contribution is -0.291. The quantitative estimate of drug-likeness (QED) is 0.738. The van der Waals surface area contributed by atoms with Crippen molar-refractivity contribution in [3.05, 3.63) is 70.3 Å². The Morgan fingerprint density at radius 3 is 2.33 bits per heavy atom. The molecule has 3 fully saturated rings. The summed E-state index contributed by atoms with van der Waals surface area (Å²) in [6, 6.07) is 20.3. The first-order valence-electron chi connectivity index (χ1n) is 8.87. The number of nitriles is 2. The van der Waals surface area contributed by atoms with Crippen molar-refractivity contribution >= 4 is 0 Å². The molecule has 0 bridgehead atoms. The van der Waals surface area contributed by atoms with Crippen molar-refractivity contribution in [3.8, 4) is 12.1 Å². The van der Waals surface area contributed by atoms with E-state index in [4.69, 9.17) is 0 Å². The molecule has 3 saturated carbocycles. The monoisotopic (exact) mass is 306 g/mol. The Balaban J connectivity index is 1.58. The Morgan fingerprint density at radius 1 is 0.792 bits per heavy atom. The number of rotatable bonds is 0. The first kappa shape index (κ1) is 11.9. The van der Waals surface area contributed by atoms with Crippen LogP contribution in [0.3, 0.4) is 0 Å². The zero-order valence-corrected chi connectivity index (χ0v) is 13.0. The molecule has 112 valence electrons. The van der Waals surface area contributed by atoms with Crippen LogP contribution >= 0.6 is 0 Å². The van der Waals surface area contributed by atoms with Gasteiger partial charge in [-0.3, -0.25) is 0 Å². The van der Waals surface area contributed by atoms with E-state index in [-0.39, 0.29) is 5.41 Å². The van der Waals surface area contributed by atoms with E-state index in [0.717, 1.165) is 5.56 Å². The second-order valence-corrected chi connectivity index (χ2v) is 8.31. The van der Waals surface area contributed by atoms with Gasteiger partial charge in [0.15, 0.2) is 0 Å². The van der Waals surface area contributed by atoms with Crippen LogP contribution in [0.15, 0.2) is 42.5 Å². The summed E-state index contributed by atoms with van der Waals surface area (Å²) in [6.07, 6.45) is 0. The van der Waals surface area contributed by atoms with Gasteiger partial charge in [-0.25, -0.2) is 0 Å². The van der Waals surface area contributed by atoms with Gasteiger partial charge in [0.05, 0.1) is 23.1 Å². The van der Waals surface area contributed by atoms with Crippen LogP contribution in [0.25, 0.3) is 0 Å². The van der Waals surface area contributed by atoms with Crippen LogP contribution in [-0.2, 0) is 0 Å². The SMILES string of the molecule is N#Cc1ccc2c(c1)[C@H]1[C@H]3c4ccccc4[C@H]4[C@@H]2[C@H]2[C@@H]1[C@@H]3[C@]24C#N. The first-order valence-corrected chi connectivity index (χ1v) is 8.87. The van der Waals surface area contributed by atoms with Crippen LogP contribution in [-0.4, -0.2) is 0 Å². The van der Waals surface area contributed by atoms with Crippen LogP contribution in [0, 0.1) is 45.8 Å². The van der Waals surface area contributed by atoms with Crippen LogP contribution in [0.5, 0.6) is 0 Å². The fourth-order valence-corrected chi connectivity index (χ4v) is 7.77. The van der Waals surface area contributed by atoms with Crippen molar-refractivity contribution in [1.29, 1.82) is 10.5 Å². The van der Waals surface area contributed by atoms with E-state index in [9.17, 15) is 10.5 Å². The summed E-state index contributed by atoms with van der Waals surface area (Å²) >= 11 is 0. The zero-order valence-electron chi connectivity index (χ0n) is 13.0. The molecule has 0 unspecified atom stereocenters. The van der Waals surface area contributed by atoms with Crippen molar-refractivity contribution in [3.63, 3.8) is 0 Å². The highest BCUT2D eigenvalue weighted by Crippen LogP contribution is 2.93. The van der Waals surface area contributed by atoms with E-state index >= 15 is 0 Å². The van der Waals surface area contributed by atoms with Crippen molar-refractivity contribution < 1.29 is 0 Å². The molecule has 0 aliphatic heterocycles. The summed E-state index contributed by atoms with van der Waals surface area (Å²) in [6.45, 7) is 0. The average Bonchev–Trinajstić information content (AvgIpc) is 2.56. The molecule has 0 spiro atoms. The standard InChI is InChI=1S/C22H14N2/c23-8-10-5-6-12-14(7-10)15-16-11-3-1-2-4-13(11)19-17(12)21-18(15)20(16)22(19,21)9-24/h1-7,15-21H/t15-,16+,17+,18-,19-,20+,21-,22+/m0/s1. The molecule has 2 aromatic carbocycles. The van der Waals surface area contributed by atoms with E-state index in [0.29, 0.717) is 41.4 Å². The molecule has 2 nitrogen and oxygen atoms in total. The number of nitrogens with zero attached hydrogens (tertiary/aromatic N) is 2. The highest BCUT2D eigenvalue weighted by Gasteiger charge is 2.88. The van der Waals surface area contributed by atoms with Gasteiger partial charge in [0.2, 0.25) is 0 Å². The average molecular weight is 306 g/mol. The molecule has 5 aliphatic rings. The van der Waals surface area contributed by atoms with Crippen molar-refractivity contribution in [2.24, 2.45) is 23.2 Å².